The molecule has 1 aliphatic rings. The third kappa shape index (κ3) is 6.66. The molecule has 4 N–H and O–H groups in total. The molecule has 2 unspecified atom stereocenters. The average Bonchev–Trinajstić information content (AvgIpc) is 2.47. The van der Waals surface area contributed by atoms with Crippen LogP contribution in [0.2, 0.25) is 0 Å². The molecule has 0 aromatic rings. The van der Waals surface area contributed by atoms with E-state index in [2.05, 4.69) is 16.0 Å². The van der Waals surface area contributed by atoms with Gasteiger partial charge in [0, 0.05) is 12.5 Å². The van der Waals surface area contributed by atoms with Gasteiger partial charge in [0.25, 0.3) is 0 Å². The van der Waals surface area contributed by atoms with Gasteiger partial charge in [0.15, 0.2) is 0 Å². The molecule has 130 valence electrons. The number of rotatable bonds is 8. The molecule has 0 aliphatic carbocycles. The van der Waals surface area contributed by atoms with Gasteiger partial charge in [-0.15, -0.1) is 0 Å². The topological polar surface area (TPSA) is 125 Å². The summed E-state index contributed by atoms with van der Waals surface area (Å²) in [5, 5.41) is 16.2. The molecule has 1 fully saturated rings. The van der Waals surface area contributed by atoms with Crippen LogP contribution in [0.4, 0.5) is 4.79 Å². The number of nitrogens with one attached hydrogen (secondary N) is 3. The van der Waals surface area contributed by atoms with E-state index >= 15 is 0 Å². The van der Waals surface area contributed by atoms with Gasteiger partial charge in [-0.1, -0.05) is 13.8 Å². The Morgan fingerprint density at radius 2 is 2.09 bits per heavy atom. The molecule has 8 nitrogen and oxygen atoms in total. The van der Waals surface area contributed by atoms with Crippen LogP contribution in [0, 0.1) is 11.8 Å². The van der Waals surface area contributed by atoms with Gasteiger partial charge in [-0.05, 0) is 31.6 Å². The third-order valence-electron chi connectivity index (χ3n) is 3.75. The van der Waals surface area contributed by atoms with Crippen molar-refractivity contribution in [3.8, 4) is 0 Å². The maximum atomic E-state index is 12.2. The van der Waals surface area contributed by atoms with Gasteiger partial charge >= 0.3 is 6.09 Å². The molecule has 3 atom stereocenters. The summed E-state index contributed by atoms with van der Waals surface area (Å²) in [6.07, 6.45) is 1.37. The smallest absolute Gasteiger partial charge is 0.405 e. The van der Waals surface area contributed by atoms with Gasteiger partial charge in [-0.25, -0.2) is 4.79 Å². The van der Waals surface area contributed by atoms with E-state index < -0.39 is 24.1 Å². The molecule has 0 aromatic carbocycles. The second-order valence-electron chi connectivity index (χ2n) is 6.25. The van der Waals surface area contributed by atoms with Gasteiger partial charge in [-0.2, -0.15) is 0 Å². The highest BCUT2D eigenvalue weighted by Gasteiger charge is 2.28. The number of piperidine rings is 1. The van der Waals surface area contributed by atoms with E-state index in [1.54, 1.807) is 0 Å². The van der Waals surface area contributed by atoms with Crippen molar-refractivity contribution in [3.05, 3.63) is 0 Å². The van der Waals surface area contributed by atoms with Crippen LogP contribution in [0.5, 0.6) is 0 Å². The summed E-state index contributed by atoms with van der Waals surface area (Å²) < 4.78 is 0. The SMILES string of the molecule is CC(C)CC(NC(=O)O)C(=O)NC(C=O)C[C@@H]1CCCNC1=O. The predicted octanol–water partition coefficient (Wildman–Crippen LogP) is 0.269. The van der Waals surface area contributed by atoms with E-state index in [9.17, 15) is 19.2 Å². The van der Waals surface area contributed by atoms with Crippen LogP contribution in [0.1, 0.15) is 39.5 Å². The minimum atomic E-state index is -1.29. The van der Waals surface area contributed by atoms with Crippen molar-refractivity contribution in [2.45, 2.75) is 51.6 Å². The van der Waals surface area contributed by atoms with E-state index in [0.29, 0.717) is 25.7 Å². The maximum absolute atomic E-state index is 12.2. The van der Waals surface area contributed by atoms with E-state index in [1.807, 2.05) is 13.8 Å². The van der Waals surface area contributed by atoms with Crippen molar-refractivity contribution in [1.29, 1.82) is 0 Å². The van der Waals surface area contributed by atoms with E-state index in [1.165, 1.54) is 0 Å². The van der Waals surface area contributed by atoms with Crippen LogP contribution in [-0.2, 0) is 14.4 Å². The molecule has 0 spiro atoms. The summed E-state index contributed by atoms with van der Waals surface area (Å²) in [5.41, 5.74) is 0. The summed E-state index contributed by atoms with van der Waals surface area (Å²) in [7, 11) is 0. The number of carbonyl (C=O) groups is 4. The first-order valence-corrected chi connectivity index (χ1v) is 7.86. The van der Waals surface area contributed by atoms with Crippen molar-refractivity contribution in [2.24, 2.45) is 11.8 Å². The largest absolute Gasteiger partial charge is 0.465 e. The van der Waals surface area contributed by atoms with Gasteiger partial charge in [-0.3, -0.25) is 9.59 Å². The lowest BCUT2D eigenvalue weighted by Gasteiger charge is -2.26. The molecule has 23 heavy (non-hydrogen) atoms. The molecule has 3 amide bonds. The monoisotopic (exact) mass is 327 g/mol. The van der Waals surface area contributed by atoms with Crippen LogP contribution < -0.4 is 16.0 Å². The number of hydrogen-bond acceptors (Lipinski definition) is 4. The second kappa shape index (κ2) is 9.12. The molecule has 1 saturated heterocycles. The molecular formula is C15H25N3O5. The highest BCUT2D eigenvalue weighted by molar-refractivity contribution is 5.87. The lowest BCUT2D eigenvalue weighted by Crippen LogP contribution is -2.51. The minimum Gasteiger partial charge on any atom is -0.465 e. The van der Waals surface area contributed by atoms with Crippen molar-refractivity contribution in [3.63, 3.8) is 0 Å². The van der Waals surface area contributed by atoms with Crippen LogP contribution >= 0.6 is 0 Å². The Kier molecular flexibility index (Phi) is 7.50. The lowest BCUT2D eigenvalue weighted by atomic mass is 9.91. The minimum absolute atomic E-state index is 0.108. The first-order chi connectivity index (χ1) is 10.8. The summed E-state index contributed by atoms with van der Waals surface area (Å²) in [6.45, 7) is 4.37. The zero-order chi connectivity index (χ0) is 17.4. The lowest BCUT2D eigenvalue weighted by molar-refractivity contribution is -0.129. The molecule has 8 heteroatoms. The van der Waals surface area contributed by atoms with Gasteiger partial charge in [0.05, 0.1) is 6.04 Å². The van der Waals surface area contributed by atoms with Crippen molar-refractivity contribution < 1.29 is 24.3 Å². The summed E-state index contributed by atoms with van der Waals surface area (Å²) in [4.78, 5) is 45.9. The Hall–Kier alpha value is -2.12. The van der Waals surface area contributed by atoms with E-state index in [0.717, 1.165) is 6.42 Å². The van der Waals surface area contributed by atoms with Gasteiger partial charge in [0.2, 0.25) is 11.8 Å². The molecule has 0 radical (unpaired) electrons. The van der Waals surface area contributed by atoms with Crippen LogP contribution in [-0.4, -0.2) is 47.9 Å². The average molecular weight is 327 g/mol. The number of aldehydes is 1. The molecule has 1 aliphatic heterocycles. The molecule has 0 saturated carbocycles. The van der Waals surface area contributed by atoms with Crippen molar-refractivity contribution in [1.82, 2.24) is 16.0 Å². The third-order valence-corrected chi connectivity index (χ3v) is 3.75. The molecule has 1 rings (SSSR count). The molecule has 0 aromatic heterocycles. The van der Waals surface area contributed by atoms with Crippen LogP contribution in [0.3, 0.4) is 0 Å². The first kappa shape index (κ1) is 18.9. The molecule has 0 bridgehead atoms. The normalized spacial score (nSPS) is 20.3. The Morgan fingerprint density at radius 3 is 2.61 bits per heavy atom. The number of hydrogen-bond donors (Lipinski definition) is 4. The van der Waals surface area contributed by atoms with Gasteiger partial charge < -0.3 is 25.9 Å². The fraction of sp³-hybridized carbons (Fsp3) is 0.733. The van der Waals surface area contributed by atoms with Crippen molar-refractivity contribution in [2.75, 3.05) is 6.54 Å². The standard InChI is InChI=1S/C15H25N3O5/c1-9(2)6-12(18-15(22)23)14(21)17-11(8-19)7-10-4-3-5-16-13(10)20/h8-12,18H,3-7H2,1-2H3,(H,16,20)(H,17,21)(H,22,23)/t10-,11?,12?/m0/s1. The van der Waals surface area contributed by atoms with Crippen molar-refractivity contribution >= 4 is 24.2 Å². The zero-order valence-corrected chi connectivity index (χ0v) is 13.5. The quantitative estimate of drug-likeness (QED) is 0.476. The van der Waals surface area contributed by atoms with Crippen LogP contribution in [0.15, 0.2) is 0 Å². The van der Waals surface area contributed by atoms with E-state index in [4.69, 9.17) is 5.11 Å². The second-order valence-corrected chi connectivity index (χ2v) is 6.25. The Bertz CT molecular complexity index is 452. The predicted molar refractivity (Wildman–Crippen MR) is 82.7 cm³/mol. The Balaban J connectivity index is 2.63. The van der Waals surface area contributed by atoms with Crippen LogP contribution in [0.25, 0.3) is 0 Å². The summed E-state index contributed by atoms with van der Waals surface area (Å²) in [5.74, 6) is -0.860. The molecule has 1 heterocycles. The summed E-state index contributed by atoms with van der Waals surface area (Å²) >= 11 is 0. The highest BCUT2D eigenvalue weighted by Crippen LogP contribution is 2.17. The fourth-order valence-electron chi connectivity index (χ4n) is 2.65. The van der Waals surface area contributed by atoms with Gasteiger partial charge in [0.1, 0.15) is 12.3 Å². The maximum Gasteiger partial charge on any atom is 0.405 e. The zero-order valence-electron chi connectivity index (χ0n) is 13.5. The Labute approximate surface area is 135 Å². The highest BCUT2D eigenvalue weighted by atomic mass is 16.4. The van der Waals surface area contributed by atoms with E-state index in [-0.39, 0.29) is 24.2 Å². The first-order valence-electron chi connectivity index (χ1n) is 7.86. The number of amides is 3. The fourth-order valence-corrected chi connectivity index (χ4v) is 2.65. The number of carbonyl (C=O) groups excluding carboxylic acids is 3. The molecular weight excluding hydrogens is 302 g/mol. The summed E-state index contributed by atoms with van der Waals surface area (Å²) in [6, 6.07) is -1.73. The Morgan fingerprint density at radius 1 is 1.39 bits per heavy atom. The number of carboxylic acid groups (broad SMARTS) is 1.